The molecule has 0 spiro atoms. The minimum absolute atomic E-state index is 0.125. The molecule has 3 aliphatic rings. The van der Waals surface area contributed by atoms with Gasteiger partial charge < -0.3 is 10.1 Å². The molecule has 3 rings (SSSR count). The lowest BCUT2D eigenvalue weighted by molar-refractivity contribution is -0.116. The maximum atomic E-state index is 12.1. The normalized spacial score (nSPS) is 20.9. The molecule has 0 aromatic heterocycles. The molecule has 0 fully saturated rings. The molecule has 120 valence electrons. The van der Waals surface area contributed by atoms with Gasteiger partial charge in [0.25, 0.3) is 5.91 Å². The van der Waals surface area contributed by atoms with Crippen LogP contribution in [-0.4, -0.2) is 49.1 Å². The average molecular weight is 314 g/mol. The van der Waals surface area contributed by atoms with Gasteiger partial charge in [-0.1, -0.05) is 12.2 Å². The average Bonchev–Trinajstić information content (AvgIpc) is 2.59. The monoisotopic (exact) mass is 314 g/mol. The molecule has 0 aromatic carbocycles. The number of cyclic esters (lactones) is 1. The fourth-order valence-corrected chi connectivity index (χ4v) is 2.49. The van der Waals surface area contributed by atoms with Crippen molar-refractivity contribution in [3.63, 3.8) is 0 Å². The molecule has 2 heterocycles. The van der Waals surface area contributed by atoms with E-state index in [4.69, 9.17) is 4.74 Å². The summed E-state index contributed by atoms with van der Waals surface area (Å²) in [4.78, 5) is 27.5. The first-order valence-electron chi connectivity index (χ1n) is 7.53. The van der Waals surface area contributed by atoms with Gasteiger partial charge in [-0.2, -0.15) is 5.10 Å². The second kappa shape index (κ2) is 6.60. The first-order valence-corrected chi connectivity index (χ1v) is 7.53. The van der Waals surface area contributed by atoms with Crippen LogP contribution in [0.25, 0.3) is 0 Å². The van der Waals surface area contributed by atoms with Crippen molar-refractivity contribution in [2.45, 2.75) is 19.3 Å². The highest BCUT2D eigenvalue weighted by Crippen LogP contribution is 2.20. The molecule has 7 nitrogen and oxygen atoms in total. The number of hydrogen-bond donors (Lipinski definition) is 1. The van der Waals surface area contributed by atoms with Crippen LogP contribution in [0.5, 0.6) is 0 Å². The number of dihydropyridines is 1. The molecule has 23 heavy (non-hydrogen) atoms. The first-order chi connectivity index (χ1) is 11.1. The summed E-state index contributed by atoms with van der Waals surface area (Å²) in [5.74, 6) is -0.125. The molecule has 0 saturated heterocycles. The quantitative estimate of drug-likeness (QED) is 0.858. The summed E-state index contributed by atoms with van der Waals surface area (Å²) < 4.78 is 5.03. The Morgan fingerprint density at radius 3 is 2.87 bits per heavy atom. The SMILES string of the molecule is CN1N=C(C2=CC=C(NC(=O)C3=CCCN=C3)CC2)COC1=O. The van der Waals surface area contributed by atoms with Crippen LogP contribution in [0.1, 0.15) is 19.3 Å². The molecule has 0 aromatic rings. The third-order valence-electron chi connectivity index (χ3n) is 3.78. The standard InChI is InChI=1S/C16H18N4O3/c1-20-16(22)23-10-14(19-20)11-4-6-13(7-5-11)18-15(21)12-3-2-8-17-9-12/h3-4,6,9H,2,5,7-8,10H2,1H3,(H,18,21). The number of hydrazone groups is 1. The predicted octanol–water partition coefficient (Wildman–Crippen LogP) is 1.55. The molecular formula is C16H18N4O3. The van der Waals surface area contributed by atoms with E-state index in [1.54, 1.807) is 13.3 Å². The largest absolute Gasteiger partial charge is 0.442 e. The summed E-state index contributed by atoms with van der Waals surface area (Å²) in [5.41, 5.74) is 3.23. The third kappa shape index (κ3) is 3.56. The van der Waals surface area contributed by atoms with Crippen LogP contribution in [-0.2, 0) is 9.53 Å². The van der Waals surface area contributed by atoms with Crippen molar-refractivity contribution in [3.05, 3.63) is 35.1 Å². The van der Waals surface area contributed by atoms with Crippen LogP contribution in [0.3, 0.4) is 0 Å². The molecule has 0 saturated carbocycles. The number of allylic oxidation sites excluding steroid dienone is 3. The fraction of sp³-hybridized carbons (Fsp3) is 0.375. The summed E-state index contributed by atoms with van der Waals surface area (Å²) in [5, 5.41) is 8.31. The number of nitrogens with zero attached hydrogens (tertiary/aromatic N) is 3. The molecule has 0 bridgehead atoms. The van der Waals surface area contributed by atoms with Gasteiger partial charge in [-0.15, -0.1) is 0 Å². The van der Waals surface area contributed by atoms with E-state index in [9.17, 15) is 9.59 Å². The van der Waals surface area contributed by atoms with Gasteiger partial charge in [0.1, 0.15) is 12.3 Å². The molecule has 2 aliphatic heterocycles. The van der Waals surface area contributed by atoms with Crippen molar-refractivity contribution in [3.8, 4) is 0 Å². The van der Waals surface area contributed by atoms with Crippen LogP contribution in [0.15, 0.2) is 45.2 Å². The summed E-state index contributed by atoms with van der Waals surface area (Å²) in [6, 6.07) is 0. The highest BCUT2D eigenvalue weighted by molar-refractivity contribution is 6.13. The molecule has 7 heteroatoms. The van der Waals surface area contributed by atoms with Gasteiger partial charge in [-0.25, -0.2) is 9.80 Å². The van der Waals surface area contributed by atoms with E-state index in [2.05, 4.69) is 15.4 Å². The van der Waals surface area contributed by atoms with Crippen molar-refractivity contribution < 1.29 is 14.3 Å². The second-order valence-electron chi connectivity index (χ2n) is 5.45. The lowest BCUT2D eigenvalue weighted by atomic mass is 9.98. The van der Waals surface area contributed by atoms with Crippen molar-refractivity contribution in [2.24, 2.45) is 10.1 Å². The Labute approximate surface area is 134 Å². The van der Waals surface area contributed by atoms with Crippen LogP contribution in [0.2, 0.25) is 0 Å². The number of ether oxygens (including phenoxy) is 1. The van der Waals surface area contributed by atoms with E-state index >= 15 is 0 Å². The number of aliphatic imine (C=N–C) groups is 1. The van der Waals surface area contributed by atoms with Crippen LogP contribution < -0.4 is 5.32 Å². The van der Waals surface area contributed by atoms with E-state index in [-0.39, 0.29) is 12.5 Å². The zero-order valence-corrected chi connectivity index (χ0v) is 12.9. The topological polar surface area (TPSA) is 83.4 Å². The van der Waals surface area contributed by atoms with Crippen LogP contribution >= 0.6 is 0 Å². The number of carbonyl (C=O) groups is 2. The Hall–Kier alpha value is -2.70. The number of hydrogen-bond acceptors (Lipinski definition) is 5. The summed E-state index contributed by atoms with van der Waals surface area (Å²) >= 11 is 0. The maximum Gasteiger partial charge on any atom is 0.430 e. The predicted molar refractivity (Wildman–Crippen MR) is 86.1 cm³/mol. The molecular weight excluding hydrogens is 296 g/mol. The molecule has 1 aliphatic carbocycles. The van der Waals surface area contributed by atoms with Crippen molar-refractivity contribution in [1.29, 1.82) is 0 Å². The molecule has 2 amide bonds. The van der Waals surface area contributed by atoms with Gasteiger partial charge in [-0.05, 0) is 30.9 Å². The number of nitrogens with one attached hydrogen (secondary N) is 1. The number of rotatable bonds is 3. The highest BCUT2D eigenvalue weighted by atomic mass is 16.6. The maximum absolute atomic E-state index is 12.1. The summed E-state index contributed by atoms with van der Waals surface area (Å²) in [6.45, 7) is 0.931. The van der Waals surface area contributed by atoms with Crippen LogP contribution in [0.4, 0.5) is 4.79 Å². The molecule has 1 N–H and O–H groups in total. The summed E-state index contributed by atoms with van der Waals surface area (Å²) in [7, 11) is 1.56. The van der Waals surface area contributed by atoms with E-state index in [0.717, 1.165) is 36.4 Å². The van der Waals surface area contributed by atoms with Gasteiger partial charge in [-0.3, -0.25) is 9.79 Å². The Balaban J connectivity index is 1.65. The smallest absolute Gasteiger partial charge is 0.430 e. The van der Waals surface area contributed by atoms with E-state index < -0.39 is 6.09 Å². The zero-order valence-electron chi connectivity index (χ0n) is 12.9. The van der Waals surface area contributed by atoms with Gasteiger partial charge in [0.2, 0.25) is 0 Å². The Kier molecular flexibility index (Phi) is 4.36. The van der Waals surface area contributed by atoms with Crippen molar-refractivity contribution in [2.75, 3.05) is 20.2 Å². The van der Waals surface area contributed by atoms with Gasteiger partial charge in [0.15, 0.2) is 0 Å². The summed E-state index contributed by atoms with van der Waals surface area (Å²) in [6.07, 6.45) is 9.09. The number of carbonyl (C=O) groups excluding carboxylic acids is 2. The van der Waals surface area contributed by atoms with Gasteiger partial charge in [0.05, 0.1) is 5.57 Å². The van der Waals surface area contributed by atoms with Crippen molar-refractivity contribution in [1.82, 2.24) is 10.3 Å². The minimum Gasteiger partial charge on any atom is -0.442 e. The van der Waals surface area contributed by atoms with E-state index in [0.29, 0.717) is 12.0 Å². The fourth-order valence-electron chi connectivity index (χ4n) is 2.49. The third-order valence-corrected chi connectivity index (χ3v) is 3.78. The highest BCUT2D eigenvalue weighted by Gasteiger charge is 2.22. The second-order valence-corrected chi connectivity index (χ2v) is 5.45. The van der Waals surface area contributed by atoms with E-state index in [1.807, 2.05) is 18.2 Å². The zero-order chi connectivity index (χ0) is 16.2. The van der Waals surface area contributed by atoms with Crippen molar-refractivity contribution >= 4 is 23.9 Å². The number of amides is 2. The van der Waals surface area contributed by atoms with Gasteiger partial charge >= 0.3 is 6.09 Å². The van der Waals surface area contributed by atoms with Crippen LogP contribution in [0, 0.1) is 0 Å². The van der Waals surface area contributed by atoms with Gasteiger partial charge in [0, 0.05) is 25.5 Å². The Bertz CT molecular complexity index is 685. The Morgan fingerprint density at radius 2 is 2.22 bits per heavy atom. The minimum atomic E-state index is -0.448. The molecule has 0 unspecified atom stereocenters. The lowest BCUT2D eigenvalue weighted by Gasteiger charge is -2.23. The van der Waals surface area contributed by atoms with E-state index in [1.165, 1.54) is 5.01 Å². The first kappa shape index (κ1) is 15.2. The Morgan fingerprint density at radius 1 is 1.35 bits per heavy atom. The molecule has 0 radical (unpaired) electrons. The lowest BCUT2D eigenvalue weighted by Crippen LogP contribution is -2.33. The molecule has 0 atom stereocenters.